The van der Waals surface area contributed by atoms with E-state index in [9.17, 15) is 19.2 Å². The van der Waals surface area contributed by atoms with E-state index in [0.29, 0.717) is 11.1 Å². The molecular formula is C24H28N2O4. The van der Waals surface area contributed by atoms with Gasteiger partial charge < -0.3 is 10.6 Å². The molecule has 0 saturated heterocycles. The molecule has 2 atom stereocenters. The molecule has 2 aromatic carbocycles. The van der Waals surface area contributed by atoms with Crippen LogP contribution in [0.25, 0.3) is 11.1 Å². The van der Waals surface area contributed by atoms with E-state index in [1.807, 2.05) is 24.3 Å². The molecule has 2 rings (SSSR count). The lowest BCUT2D eigenvalue weighted by Gasteiger charge is -2.15. The molecule has 0 aliphatic carbocycles. The predicted octanol–water partition coefficient (Wildman–Crippen LogP) is 3.40. The Morgan fingerprint density at radius 3 is 1.33 bits per heavy atom. The molecule has 0 aromatic heterocycles. The second-order valence-electron chi connectivity index (χ2n) is 7.71. The molecule has 0 aliphatic heterocycles. The molecule has 0 bridgehead atoms. The molecule has 0 radical (unpaired) electrons. The van der Waals surface area contributed by atoms with Crippen molar-refractivity contribution in [3.8, 4) is 11.1 Å². The first-order chi connectivity index (χ1) is 14.1. The number of Topliss-reactive ketones (excluding diaryl/α,β-unsaturated/α-hetero) is 2. The van der Waals surface area contributed by atoms with Crippen LogP contribution in [0.3, 0.4) is 0 Å². The van der Waals surface area contributed by atoms with Crippen molar-refractivity contribution in [1.82, 2.24) is 10.6 Å². The van der Waals surface area contributed by atoms with Crippen molar-refractivity contribution >= 4 is 23.4 Å². The molecule has 2 amide bonds. The minimum Gasteiger partial charge on any atom is -0.343 e. The van der Waals surface area contributed by atoms with Gasteiger partial charge in [-0.25, -0.2) is 0 Å². The van der Waals surface area contributed by atoms with Crippen LogP contribution in [0.4, 0.5) is 0 Å². The van der Waals surface area contributed by atoms with Crippen LogP contribution in [0.15, 0.2) is 48.5 Å². The maximum atomic E-state index is 12.4. The Labute approximate surface area is 177 Å². The third kappa shape index (κ3) is 5.86. The Balaban J connectivity index is 2.06. The Morgan fingerprint density at radius 1 is 0.633 bits per heavy atom. The number of hydrogen-bond donors (Lipinski definition) is 2. The van der Waals surface area contributed by atoms with Gasteiger partial charge in [0.05, 0.1) is 12.1 Å². The van der Waals surface area contributed by atoms with Crippen LogP contribution in [-0.2, 0) is 9.59 Å². The first-order valence-corrected chi connectivity index (χ1v) is 9.96. The largest absolute Gasteiger partial charge is 0.343 e. The standard InChI is InChI=1S/C24H28N2O4/c1-14(2)22(28)16(4)26-24(30)21-12-8-19(9-13-21)18-6-10-20(11-7-18)23(29)25-15(3)17(5)27/h6-16H,1-5H3,(H,25,29)(H,26,30)/t15-,16-/m1/s1. The molecule has 6 heteroatoms. The second kappa shape index (κ2) is 9.96. The molecule has 2 N–H and O–H groups in total. The zero-order chi connectivity index (χ0) is 22.4. The van der Waals surface area contributed by atoms with Gasteiger partial charge in [-0.15, -0.1) is 0 Å². The smallest absolute Gasteiger partial charge is 0.251 e. The van der Waals surface area contributed by atoms with Crippen molar-refractivity contribution in [2.45, 2.75) is 46.7 Å². The third-order valence-corrected chi connectivity index (χ3v) is 4.93. The van der Waals surface area contributed by atoms with Crippen LogP contribution in [0.2, 0.25) is 0 Å². The van der Waals surface area contributed by atoms with Gasteiger partial charge in [0.15, 0.2) is 11.6 Å². The summed E-state index contributed by atoms with van der Waals surface area (Å²) in [6.45, 7) is 8.37. The Morgan fingerprint density at radius 2 is 1.00 bits per heavy atom. The normalized spacial score (nSPS) is 12.7. The third-order valence-electron chi connectivity index (χ3n) is 4.93. The first-order valence-electron chi connectivity index (χ1n) is 9.96. The van der Waals surface area contributed by atoms with Gasteiger partial charge in [-0.1, -0.05) is 38.1 Å². The highest BCUT2D eigenvalue weighted by Crippen LogP contribution is 2.20. The number of benzene rings is 2. The summed E-state index contributed by atoms with van der Waals surface area (Å²) < 4.78 is 0. The molecule has 0 spiro atoms. The summed E-state index contributed by atoms with van der Waals surface area (Å²) >= 11 is 0. The van der Waals surface area contributed by atoms with Crippen molar-refractivity contribution < 1.29 is 19.2 Å². The van der Waals surface area contributed by atoms with Gasteiger partial charge in [0.25, 0.3) is 11.8 Å². The van der Waals surface area contributed by atoms with Crippen molar-refractivity contribution in [3.63, 3.8) is 0 Å². The number of ketones is 2. The quantitative estimate of drug-likeness (QED) is 0.700. The lowest BCUT2D eigenvalue weighted by Crippen LogP contribution is -2.40. The average Bonchev–Trinajstić information content (AvgIpc) is 2.73. The Hall–Kier alpha value is -3.28. The van der Waals surface area contributed by atoms with E-state index >= 15 is 0 Å². The van der Waals surface area contributed by atoms with Gasteiger partial charge in [-0.05, 0) is 56.2 Å². The summed E-state index contributed by atoms with van der Waals surface area (Å²) in [7, 11) is 0. The summed E-state index contributed by atoms with van der Waals surface area (Å²) in [4.78, 5) is 47.8. The van der Waals surface area contributed by atoms with Gasteiger partial charge in [0.2, 0.25) is 0 Å². The predicted molar refractivity (Wildman–Crippen MR) is 116 cm³/mol. The molecule has 6 nitrogen and oxygen atoms in total. The van der Waals surface area contributed by atoms with Crippen molar-refractivity contribution in [2.75, 3.05) is 0 Å². The Kier molecular flexibility index (Phi) is 7.64. The molecular weight excluding hydrogens is 380 g/mol. The van der Waals surface area contributed by atoms with Crippen LogP contribution >= 0.6 is 0 Å². The summed E-state index contributed by atoms with van der Waals surface area (Å²) in [6, 6.07) is 13.0. The molecule has 0 unspecified atom stereocenters. The molecule has 158 valence electrons. The monoisotopic (exact) mass is 408 g/mol. The van der Waals surface area contributed by atoms with Crippen molar-refractivity contribution in [2.24, 2.45) is 5.92 Å². The second-order valence-corrected chi connectivity index (χ2v) is 7.71. The minimum atomic E-state index is -0.540. The Bertz CT molecular complexity index is 931. The van der Waals surface area contributed by atoms with Gasteiger partial charge in [-0.2, -0.15) is 0 Å². The van der Waals surface area contributed by atoms with E-state index < -0.39 is 12.1 Å². The van der Waals surface area contributed by atoms with Crippen molar-refractivity contribution in [1.29, 1.82) is 0 Å². The highest BCUT2D eigenvalue weighted by Gasteiger charge is 2.19. The summed E-state index contributed by atoms with van der Waals surface area (Å²) in [5.41, 5.74) is 2.71. The van der Waals surface area contributed by atoms with Gasteiger partial charge >= 0.3 is 0 Å². The molecule has 0 fully saturated rings. The zero-order valence-electron chi connectivity index (χ0n) is 18.0. The average molecular weight is 408 g/mol. The highest BCUT2D eigenvalue weighted by molar-refractivity contribution is 5.99. The first kappa shape index (κ1) is 23.0. The van der Waals surface area contributed by atoms with Crippen LogP contribution < -0.4 is 10.6 Å². The van der Waals surface area contributed by atoms with Gasteiger partial charge in [-0.3, -0.25) is 19.2 Å². The molecule has 30 heavy (non-hydrogen) atoms. The van der Waals surface area contributed by atoms with E-state index in [1.54, 1.807) is 52.0 Å². The van der Waals surface area contributed by atoms with Gasteiger partial charge in [0, 0.05) is 17.0 Å². The van der Waals surface area contributed by atoms with E-state index in [-0.39, 0.29) is 29.3 Å². The highest BCUT2D eigenvalue weighted by atomic mass is 16.2. The number of carbonyl (C=O) groups is 4. The molecule has 0 saturated carbocycles. The number of amides is 2. The van der Waals surface area contributed by atoms with Crippen LogP contribution in [0.1, 0.15) is 55.3 Å². The van der Waals surface area contributed by atoms with E-state index in [4.69, 9.17) is 0 Å². The zero-order valence-corrected chi connectivity index (χ0v) is 18.0. The van der Waals surface area contributed by atoms with Crippen LogP contribution in [-0.4, -0.2) is 35.5 Å². The number of nitrogens with one attached hydrogen (secondary N) is 2. The van der Waals surface area contributed by atoms with E-state index in [1.165, 1.54) is 6.92 Å². The van der Waals surface area contributed by atoms with E-state index in [0.717, 1.165) is 11.1 Å². The fraction of sp³-hybridized carbons (Fsp3) is 0.333. The molecule has 0 heterocycles. The number of carbonyl (C=O) groups excluding carboxylic acids is 4. The lowest BCUT2D eigenvalue weighted by atomic mass is 10.0. The van der Waals surface area contributed by atoms with Crippen LogP contribution in [0.5, 0.6) is 0 Å². The SMILES string of the molecule is CC(=O)[C@@H](C)NC(=O)c1ccc(-c2ccc(C(=O)N[C@H](C)C(=O)C(C)C)cc2)cc1. The summed E-state index contributed by atoms with van der Waals surface area (Å²) in [5.74, 6) is -0.858. The summed E-state index contributed by atoms with van der Waals surface area (Å²) in [6.07, 6.45) is 0. The molecule has 0 aliphatic rings. The number of hydrogen-bond acceptors (Lipinski definition) is 4. The summed E-state index contributed by atoms with van der Waals surface area (Å²) in [5, 5.41) is 5.37. The molecule has 2 aromatic rings. The van der Waals surface area contributed by atoms with E-state index in [2.05, 4.69) is 10.6 Å². The lowest BCUT2D eigenvalue weighted by molar-refractivity contribution is -0.123. The van der Waals surface area contributed by atoms with Gasteiger partial charge in [0.1, 0.15) is 0 Å². The maximum Gasteiger partial charge on any atom is 0.251 e. The number of rotatable bonds is 8. The minimum absolute atomic E-state index is 0.0122. The fourth-order valence-corrected chi connectivity index (χ4v) is 2.86. The van der Waals surface area contributed by atoms with Crippen LogP contribution in [0, 0.1) is 5.92 Å². The van der Waals surface area contributed by atoms with Crippen molar-refractivity contribution in [3.05, 3.63) is 59.7 Å². The maximum absolute atomic E-state index is 12.4. The topological polar surface area (TPSA) is 92.3 Å². The fourth-order valence-electron chi connectivity index (χ4n) is 2.86.